The zero-order valence-corrected chi connectivity index (χ0v) is 64.2. The van der Waals surface area contributed by atoms with Gasteiger partial charge in [0.15, 0.2) is 0 Å². The van der Waals surface area contributed by atoms with E-state index in [2.05, 4.69) is 288 Å². The highest BCUT2D eigenvalue weighted by Crippen LogP contribution is 2.25. The molecule has 4 aromatic rings. The highest BCUT2D eigenvalue weighted by molar-refractivity contribution is 5.90. The van der Waals surface area contributed by atoms with E-state index in [0.29, 0.717) is 41.4 Å². The molecule has 0 N–H and O–H groups in total. The SMILES string of the molecule is C.C.C.C.C.C.C.C.CC(C)CC1=CCC(CC(C)C)=N1.CC(C)CC1=CN=C(CC(C)C)C1.CC(C)CC1=CN=C(CC(C)C)C1.CC(C)Cc1ccn(CC(C)C)n1.CC(C)Cc1cn(CC(C)C)cn1.CC(C)Cc1cn(CC(C)C)nn1.CC(C)Cc1cnn(CC(C)C)c1. The maximum absolute atomic E-state index is 4.65. The van der Waals surface area contributed by atoms with Crippen LogP contribution >= 0.6 is 0 Å². The predicted molar refractivity (Wildman–Crippen MR) is 451 cm³/mol. The van der Waals surface area contributed by atoms with Crippen LogP contribution in [0, 0.1) is 82.9 Å². The van der Waals surface area contributed by atoms with Crippen molar-refractivity contribution in [1.82, 2.24) is 44.1 Å². The van der Waals surface area contributed by atoms with Gasteiger partial charge >= 0.3 is 0 Å². The van der Waals surface area contributed by atoms with E-state index in [9.17, 15) is 0 Å². The Morgan fingerprint density at radius 1 is 0.364 bits per heavy atom. The van der Waals surface area contributed by atoms with Crippen molar-refractivity contribution < 1.29 is 0 Å². The Morgan fingerprint density at radius 2 is 0.758 bits per heavy atom. The van der Waals surface area contributed by atoms with Crippen molar-refractivity contribution in [3.05, 3.63) is 101 Å². The Hall–Kier alpha value is -5.00. The number of aromatic nitrogens is 9. The average molecular weight is 1390 g/mol. The minimum absolute atomic E-state index is 0. The number of imidazole rings is 1. The Labute approximate surface area is 620 Å². The highest BCUT2D eigenvalue weighted by Gasteiger charge is 2.15. The van der Waals surface area contributed by atoms with Gasteiger partial charge in [-0.25, -0.2) is 4.98 Å². The van der Waals surface area contributed by atoms with E-state index >= 15 is 0 Å². The molecular weight excluding hydrogens is 1210 g/mol. The van der Waals surface area contributed by atoms with Gasteiger partial charge in [-0.1, -0.05) is 265 Å². The number of allylic oxidation sites excluding steroid dienone is 4. The van der Waals surface area contributed by atoms with E-state index in [-0.39, 0.29) is 59.4 Å². The van der Waals surface area contributed by atoms with Gasteiger partial charge in [0.2, 0.25) is 0 Å². The largest absolute Gasteiger partial charge is 0.337 e. The van der Waals surface area contributed by atoms with Gasteiger partial charge in [-0.15, -0.1) is 5.10 Å². The van der Waals surface area contributed by atoms with Crippen LogP contribution in [0.3, 0.4) is 0 Å². The van der Waals surface area contributed by atoms with Crippen LogP contribution in [-0.4, -0.2) is 61.2 Å². The van der Waals surface area contributed by atoms with Crippen LogP contribution in [-0.2, 0) is 51.9 Å². The second kappa shape index (κ2) is 60.6. The smallest absolute Gasteiger partial charge is 0.0949 e. The van der Waals surface area contributed by atoms with Gasteiger partial charge in [0, 0.05) is 105 Å². The molecule has 0 bridgehead atoms. The highest BCUT2D eigenvalue weighted by atomic mass is 15.4. The summed E-state index contributed by atoms with van der Waals surface area (Å²) in [6, 6.07) is 2.13. The average Bonchev–Trinajstić information content (AvgIpc) is 1.85. The van der Waals surface area contributed by atoms with Crippen molar-refractivity contribution in [2.45, 2.75) is 363 Å². The second-order valence-corrected chi connectivity index (χ2v) is 32.5. The van der Waals surface area contributed by atoms with E-state index < -0.39 is 0 Å². The quantitative estimate of drug-likeness (QED) is 0.0561. The molecular formula is C87H174N12. The van der Waals surface area contributed by atoms with Crippen molar-refractivity contribution in [3.63, 3.8) is 0 Å². The van der Waals surface area contributed by atoms with Crippen molar-refractivity contribution in [3.8, 4) is 0 Å². The molecule has 12 nitrogen and oxygen atoms in total. The molecule has 0 saturated heterocycles. The summed E-state index contributed by atoms with van der Waals surface area (Å²) in [4.78, 5) is 17.9. The minimum Gasteiger partial charge on any atom is -0.337 e. The van der Waals surface area contributed by atoms with E-state index in [0.717, 1.165) is 144 Å². The molecule has 99 heavy (non-hydrogen) atoms. The van der Waals surface area contributed by atoms with Crippen LogP contribution in [0.25, 0.3) is 0 Å². The normalized spacial score (nSPS) is 12.7. The van der Waals surface area contributed by atoms with Crippen LogP contribution in [0.2, 0.25) is 0 Å². The maximum Gasteiger partial charge on any atom is 0.0949 e. The lowest BCUT2D eigenvalue weighted by atomic mass is 9.97. The van der Waals surface area contributed by atoms with Gasteiger partial charge in [-0.05, 0) is 170 Å². The summed E-state index contributed by atoms with van der Waals surface area (Å²) in [6.07, 6.45) is 33.6. The van der Waals surface area contributed by atoms with Gasteiger partial charge in [-0.3, -0.25) is 29.0 Å². The molecule has 3 aliphatic heterocycles. The first-order valence-electron chi connectivity index (χ1n) is 36.2. The van der Waals surface area contributed by atoms with Crippen LogP contribution in [0.1, 0.15) is 334 Å². The lowest BCUT2D eigenvalue weighted by Gasteiger charge is -2.07. The zero-order chi connectivity index (χ0) is 68.9. The summed E-state index contributed by atoms with van der Waals surface area (Å²) in [5, 5.41) is 17.0. The maximum atomic E-state index is 4.65. The molecule has 0 amide bonds. The molecule has 7 rings (SSSR count). The summed E-state index contributed by atoms with van der Waals surface area (Å²) in [5.41, 5.74) is 13.4. The van der Waals surface area contributed by atoms with Crippen LogP contribution in [0.5, 0.6) is 0 Å². The monoisotopic (exact) mass is 1390 g/mol. The number of nitrogens with zero attached hydrogens (tertiary/aromatic N) is 12. The molecule has 0 aromatic carbocycles. The van der Waals surface area contributed by atoms with E-state index in [4.69, 9.17) is 0 Å². The lowest BCUT2D eigenvalue weighted by Crippen LogP contribution is -2.05. The van der Waals surface area contributed by atoms with Crippen LogP contribution < -0.4 is 0 Å². The summed E-state index contributed by atoms with van der Waals surface area (Å²) in [7, 11) is 0. The number of aliphatic imine (C=N–C) groups is 3. The molecule has 0 unspecified atom stereocenters. The van der Waals surface area contributed by atoms with E-state index in [1.54, 1.807) is 0 Å². The van der Waals surface area contributed by atoms with E-state index in [1.165, 1.54) is 63.8 Å². The molecule has 0 radical (unpaired) electrons. The van der Waals surface area contributed by atoms with Crippen molar-refractivity contribution in [2.75, 3.05) is 0 Å². The van der Waals surface area contributed by atoms with Crippen molar-refractivity contribution in [1.29, 1.82) is 0 Å². The molecule has 3 aliphatic rings. The Kier molecular flexibility index (Phi) is 67.3. The molecule has 0 atom stereocenters. The third kappa shape index (κ3) is 59.3. The molecule has 4 aromatic heterocycles. The number of hydrogen-bond acceptors (Lipinski definition) is 8. The molecule has 0 spiro atoms. The first-order chi connectivity index (χ1) is 42.5. The fourth-order valence-electron chi connectivity index (χ4n) is 10.9. The first kappa shape index (κ1) is 110. The molecule has 0 fully saturated rings. The Balaban J connectivity index is -0.000000160. The topological polar surface area (TPSA) is 121 Å². The van der Waals surface area contributed by atoms with Crippen molar-refractivity contribution >= 4 is 17.1 Å². The van der Waals surface area contributed by atoms with Gasteiger partial charge in [0.05, 0.1) is 29.6 Å². The first-order valence-corrected chi connectivity index (χ1v) is 36.2. The summed E-state index contributed by atoms with van der Waals surface area (Å²) < 4.78 is 8.20. The third-order valence-electron chi connectivity index (χ3n) is 13.9. The Morgan fingerprint density at radius 3 is 1.18 bits per heavy atom. The fraction of sp³-hybridized carbons (Fsp3) is 0.770. The third-order valence-corrected chi connectivity index (χ3v) is 13.9. The van der Waals surface area contributed by atoms with Gasteiger partial charge in [0.25, 0.3) is 0 Å². The zero-order valence-electron chi connectivity index (χ0n) is 64.2. The molecule has 582 valence electrons. The molecule has 0 aliphatic carbocycles. The lowest BCUT2D eigenvalue weighted by molar-refractivity contribution is 0.472. The fourth-order valence-corrected chi connectivity index (χ4v) is 10.9. The summed E-state index contributed by atoms with van der Waals surface area (Å²) in [5.74, 6) is 9.92. The Bertz CT molecular complexity index is 2280. The number of hydrogen-bond donors (Lipinski definition) is 0. The van der Waals surface area contributed by atoms with Crippen molar-refractivity contribution in [2.24, 2.45) is 97.8 Å². The second-order valence-electron chi connectivity index (χ2n) is 32.5. The van der Waals surface area contributed by atoms with Crippen LogP contribution in [0.15, 0.2) is 93.7 Å². The minimum atomic E-state index is 0. The molecule has 12 heteroatoms. The van der Waals surface area contributed by atoms with Gasteiger partial charge in [-0.2, -0.15) is 10.2 Å². The van der Waals surface area contributed by atoms with Gasteiger partial charge < -0.3 is 4.57 Å². The van der Waals surface area contributed by atoms with E-state index in [1.807, 2.05) is 26.6 Å². The standard InChI is InChI=1S/3C12H21N.3C11H20N2.C10H19N3.8CH4/c2*1-9(2)5-11-7-12(13-8-11)6-10(3)4;1-9(2)7-11-5-6-12(13-11)8-10(3)4;1-9(2)5-11-6-12-13(8-11)7-10(3)4;1-9(2)5-11-7-13(8-12-11)6-10(3)4;1-9(2)7-11-5-6-13(12-11)8-10(3)4;1-8(2)5-10-7-13(12-11-10)6-9(3)4;;;;;;;;/h2*8-10H,5-7H2,1-4H3;5,9-10H,6-8H2,1-4H3;6,8-10H,5,7H2,1-4H3;7-10H,5-6H2,1-4H3;5-6,9-10H,7-8H2,1-4H3;7-9H,5-6H2,1-4H3;8*1H4. The predicted octanol–water partition coefficient (Wildman–Crippen LogP) is 26.9. The molecule has 7 heterocycles. The van der Waals surface area contributed by atoms with Gasteiger partial charge in [0.1, 0.15) is 0 Å². The van der Waals surface area contributed by atoms with Crippen LogP contribution in [0.4, 0.5) is 0 Å². The molecule has 0 saturated carbocycles. The summed E-state index contributed by atoms with van der Waals surface area (Å²) >= 11 is 0. The number of rotatable bonds is 28. The summed E-state index contributed by atoms with van der Waals surface area (Å²) in [6.45, 7) is 66.6.